The van der Waals surface area contributed by atoms with Crippen LogP contribution in [0.2, 0.25) is 0 Å². The number of aromatic amines is 1. The second-order valence-corrected chi connectivity index (χ2v) is 6.03. The average molecular weight is 387 g/mol. The Kier molecular flexibility index (Phi) is 5.52. The summed E-state index contributed by atoms with van der Waals surface area (Å²) in [6, 6.07) is 12.3. The van der Waals surface area contributed by atoms with Crippen molar-refractivity contribution in [3.8, 4) is 29.4 Å². The molecule has 1 heterocycles. The Labute approximate surface area is 167 Å². The number of rotatable bonds is 6. The van der Waals surface area contributed by atoms with Gasteiger partial charge in [-0.15, -0.1) is 0 Å². The molecule has 7 heteroatoms. The van der Waals surface area contributed by atoms with Crippen LogP contribution in [-0.4, -0.2) is 32.1 Å². The molecule has 0 saturated heterocycles. The first-order valence-electron chi connectivity index (χ1n) is 8.54. The SMILES string of the molecule is COc1cc(/C=C(\C#N)C(=O)c2c[nH]c3ccc(C#N)cc23)cc(OC)c1OC. The quantitative estimate of drug-likeness (QED) is 0.391. The van der Waals surface area contributed by atoms with Gasteiger partial charge < -0.3 is 19.2 Å². The fourth-order valence-electron chi connectivity index (χ4n) is 3.02. The van der Waals surface area contributed by atoms with Gasteiger partial charge in [0.15, 0.2) is 11.5 Å². The predicted octanol–water partition coefficient (Wildman–Crippen LogP) is 3.86. The van der Waals surface area contributed by atoms with Crippen LogP contribution in [-0.2, 0) is 0 Å². The highest BCUT2D eigenvalue weighted by atomic mass is 16.5. The molecule has 0 unspecified atom stereocenters. The summed E-state index contributed by atoms with van der Waals surface area (Å²) in [6.07, 6.45) is 2.99. The van der Waals surface area contributed by atoms with Gasteiger partial charge in [0.05, 0.1) is 33.0 Å². The molecule has 0 spiro atoms. The van der Waals surface area contributed by atoms with E-state index >= 15 is 0 Å². The van der Waals surface area contributed by atoms with Gasteiger partial charge in [-0.25, -0.2) is 0 Å². The summed E-state index contributed by atoms with van der Waals surface area (Å²) in [4.78, 5) is 16.0. The second-order valence-electron chi connectivity index (χ2n) is 6.03. The van der Waals surface area contributed by atoms with Gasteiger partial charge in [0.25, 0.3) is 0 Å². The maximum Gasteiger partial charge on any atom is 0.205 e. The number of nitrogens with one attached hydrogen (secondary N) is 1. The third kappa shape index (κ3) is 3.62. The number of fused-ring (bicyclic) bond motifs is 1. The fraction of sp³-hybridized carbons (Fsp3) is 0.136. The molecule has 7 nitrogen and oxygen atoms in total. The zero-order valence-corrected chi connectivity index (χ0v) is 16.1. The van der Waals surface area contributed by atoms with Gasteiger partial charge in [-0.1, -0.05) is 0 Å². The van der Waals surface area contributed by atoms with Crippen LogP contribution in [0.4, 0.5) is 0 Å². The van der Waals surface area contributed by atoms with Crippen LogP contribution in [0.1, 0.15) is 21.5 Å². The Balaban J connectivity index is 2.09. The number of allylic oxidation sites excluding steroid dienone is 1. The highest BCUT2D eigenvalue weighted by molar-refractivity contribution is 6.20. The van der Waals surface area contributed by atoms with Crippen LogP contribution in [0.3, 0.4) is 0 Å². The molecule has 1 aromatic heterocycles. The predicted molar refractivity (Wildman–Crippen MR) is 107 cm³/mol. The zero-order chi connectivity index (χ0) is 21.0. The molecule has 1 N–H and O–H groups in total. The molecule has 2 aromatic carbocycles. The lowest BCUT2D eigenvalue weighted by molar-refractivity contribution is 0.104. The van der Waals surface area contributed by atoms with Crippen LogP contribution in [0.5, 0.6) is 17.2 Å². The Morgan fingerprint density at radius 3 is 2.28 bits per heavy atom. The van der Waals surface area contributed by atoms with Gasteiger partial charge in [0.2, 0.25) is 11.5 Å². The number of aromatic nitrogens is 1. The summed E-state index contributed by atoms with van der Waals surface area (Å²) in [5, 5.41) is 19.3. The Bertz CT molecular complexity index is 1180. The molecular weight excluding hydrogens is 370 g/mol. The van der Waals surface area contributed by atoms with E-state index < -0.39 is 5.78 Å². The van der Waals surface area contributed by atoms with Crippen molar-refractivity contribution in [2.24, 2.45) is 0 Å². The third-order valence-corrected chi connectivity index (χ3v) is 4.42. The summed E-state index contributed by atoms with van der Waals surface area (Å²) in [6.45, 7) is 0. The summed E-state index contributed by atoms with van der Waals surface area (Å²) in [5.41, 5.74) is 1.93. The lowest BCUT2D eigenvalue weighted by atomic mass is 10.00. The van der Waals surface area contributed by atoms with Gasteiger partial charge in [-0.3, -0.25) is 4.79 Å². The van der Waals surface area contributed by atoms with E-state index in [1.54, 1.807) is 30.3 Å². The van der Waals surface area contributed by atoms with Crippen molar-refractivity contribution in [1.29, 1.82) is 10.5 Å². The Hall–Kier alpha value is -4.23. The average Bonchev–Trinajstić information content (AvgIpc) is 3.19. The number of carbonyl (C=O) groups excluding carboxylic acids is 1. The summed E-state index contributed by atoms with van der Waals surface area (Å²) in [7, 11) is 4.46. The highest BCUT2D eigenvalue weighted by Crippen LogP contribution is 2.38. The number of carbonyl (C=O) groups is 1. The van der Waals surface area contributed by atoms with E-state index in [0.29, 0.717) is 44.8 Å². The van der Waals surface area contributed by atoms with Crippen LogP contribution < -0.4 is 14.2 Å². The Morgan fingerprint density at radius 1 is 1.03 bits per heavy atom. The summed E-state index contributed by atoms with van der Waals surface area (Å²) in [5.74, 6) is 0.780. The van der Waals surface area contributed by atoms with Crippen LogP contribution >= 0.6 is 0 Å². The van der Waals surface area contributed by atoms with Crippen molar-refractivity contribution in [2.45, 2.75) is 0 Å². The van der Waals surface area contributed by atoms with Gasteiger partial charge in [-0.2, -0.15) is 10.5 Å². The molecule has 0 saturated carbocycles. The summed E-state index contributed by atoms with van der Waals surface area (Å²) < 4.78 is 15.9. The maximum atomic E-state index is 13.0. The maximum absolute atomic E-state index is 13.0. The van der Waals surface area contributed by atoms with Crippen molar-refractivity contribution in [2.75, 3.05) is 21.3 Å². The largest absolute Gasteiger partial charge is 0.493 e. The van der Waals surface area contributed by atoms with E-state index in [-0.39, 0.29) is 5.57 Å². The number of ether oxygens (including phenoxy) is 3. The van der Waals surface area contributed by atoms with E-state index in [4.69, 9.17) is 19.5 Å². The molecule has 29 heavy (non-hydrogen) atoms. The lowest BCUT2D eigenvalue weighted by Gasteiger charge is -2.13. The van der Waals surface area contributed by atoms with Gasteiger partial charge >= 0.3 is 0 Å². The topological polar surface area (TPSA) is 108 Å². The number of Topliss-reactive ketones (excluding diaryl/α,β-unsaturated/α-hetero) is 1. The minimum absolute atomic E-state index is 0.0671. The third-order valence-electron chi connectivity index (χ3n) is 4.42. The molecule has 144 valence electrons. The molecule has 0 aliphatic rings. The standard InChI is InChI=1S/C22H17N3O4/c1-27-19-8-14(9-20(28-2)22(19)29-3)6-15(11-24)21(26)17-12-25-18-5-4-13(10-23)7-16(17)18/h4-9,12,25H,1-3H3/b15-6+. The molecule has 0 aliphatic carbocycles. The molecule has 0 atom stereocenters. The minimum Gasteiger partial charge on any atom is -0.493 e. The van der Waals surface area contributed by atoms with Gasteiger partial charge in [0.1, 0.15) is 11.6 Å². The van der Waals surface area contributed by atoms with E-state index in [0.717, 1.165) is 0 Å². The lowest BCUT2D eigenvalue weighted by Crippen LogP contribution is -2.01. The second kappa shape index (κ2) is 8.20. The van der Waals surface area contributed by atoms with Gasteiger partial charge in [0, 0.05) is 22.7 Å². The number of nitriles is 2. The number of methoxy groups -OCH3 is 3. The highest BCUT2D eigenvalue weighted by Gasteiger charge is 2.18. The number of H-pyrrole nitrogens is 1. The van der Waals surface area contributed by atoms with E-state index in [9.17, 15) is 10.1 Å². The molecule has 0 amide bonds. The van der Waals surface area contributed by atoms with Crippen LogP contribution in [0.15, 0.2) is 42.1 Å². The van der Waals surface area contributed by atoms with Crippen molar-refractivity contribution < 1.29 is 19.0 Å². The molecule has 3 rings (SSSR count). The number of benzene rings is 2. The normalized spacial score (nSPS) is 10.9. The Morgan fingerprint density at radius 2 is 1.72 bits per heavy atom. The minimum atomic E-state index is -0.456. The molecule has 3 aromatic rings. The first-order chi connectivity index (χ1) is 14.1. The molecule has 0 radical (unpaired) electrons. The number of nitrogens with zero attached hydrogens (tertiary/aromatic N) is 2. The van der Waals surface area contributed by atoms with E-state index in [2.05, 4.69) is 4.98 Å². The van der Waals surface area contributed by atoms with Crippen LogP contribution in [0, 0.1) is 22.7 Å². The fourth-order valence-corrected chi connectivity index (χ4v) is 3.02. The van der Waals surface area contributed by atoms with Crippen LogP contribution in [0.25, 0.3) is 17.0 Å². The number of ketones is 1. The monoisotopic (exact) mass is 387 g/mol. The number of hydrogen-bond donors (Lipinski definition) is 1. The molecular formula is C22H17N3O4. The first kappa shape index (κ1) is 19.5. The van der Waals surface area contributed by atoms with Crippen molar-refractivity contribution in [3.63, 3.8) is 0 Å². The van der Waals surface area contributed by atoms with Crippen molar-refractivity contribution in [3.05, 3.63) is 58.8 Å². The van der Waals surface area contributed by atoms with Gasteiger partial charge in [-0.05, 0) is 42.0 Å². The zero-order valence-electron chi connectivity index (χ0n) is 16.1. The van der Waals surface area contributed by atoms with E-state index in [1.807, 2.05) is 12.1 Å². The summed E-state index contributed by atoms with van der Waals surface area (Å²) >= 11 is 0. The molecule has 0 aliphatic heterocycles. The molecule has 0 bridgehead atoms. The number of hydrogen-bond acceptors (Lipinski definition) is 6. The molecule has 0 fully saturated rings. The van der Waals surface area contributed by atoms with Crippen molar-refractivity contribution >= 4 is 22.8 Å². The van der Waals surface area contributed by atoms with E-state index in [1.165, 1.54) is 33.6 Å². The van der Waals surface area contributed by atoms with Crippen molar-refractivity contribution in [1.82, 2.24) is 4.98 Å². The smallest absolute Gasteiger partial charge is 0.205 e. The first-order valence-corrected chi connectivity index (χ1v) is 8.54.